The largest absolute Gasteiger partial charge is 0.494 e. The zero-order valence-corrected chi connectivity index (χ0v) is 34.1. The van der Waals surface area contributed by atoms with Crippen LogP contribution in [0.2, 0.25) is 0 Å². The topological polar surface area (TPSA) is 235 Å². The molecule has 0 spiro atoms. The zero-order chi connectivity index (χ0) is 43.1. The van der Waals surface area contributed by atoms with Crippen molar-refractivity contribution < 1.29 is 47.1 Å². The van der Waals surface area contributed by atoms with Gasteiger partial charge in [-0.25, -0.2) is 8.78 Å². The first-order chi connectivity index (χ1) is 28.2. The summed E-state index contributed by atoms with van der Waals surface area (Å²) in [6.45, 7) is 3.39. The van der Waals surface area contributed by atoms with E-state index in [0.717, 1.165) is 11.4 Å². The zero-order valence-electron chi connectivity index (χ0n) is 32.3. The molecule has 2 saturated heterocycles. The molecular formula is C37H48F2N10O8S2. The van der Waals surface area contributed by atoms with E-state index in [2.05, 4.69) is 61.7 Å². The van der Waals surface area contributed by atoms with Crippen LogP contribution in [-0.2, 0) is 28.8 Å². The van der Waals surface area contributed by atoms with Gasteiger partial charge < -0.3 is 45.9 Å². The van der Waals surface area contributed by atoms with Crippen LogP contribution in [0.25, 0.3) is 10.9 Å². The van der Waals surface area contributed by atoms with Crippen LogP contribution >= 0.6 is 25.3 Å². The SMILES string of the molecule is CC(=O)N[C@H](CS)C(=O)NCC(=O)N[C@H](CS)C(=O)NC(C=O)CN1CCN(CCCOc2ccc3nccc(C(=O)NCC(=O)N4CC(F)(F)C[C@H]4C#N)c3c2)CC1. The van der Waals surface area contributed by atoms with Crippen LogP contribution in [0, 0.1) is 11.3 Å². The average Bonchev–Trinajstić information content (AvgIpc) is 3.55. The Hall–Kier alpha value is -5.11. The number of pyridine rings is 1. The van der Waals surface area contributed by atoms with Crippen molar-refractivity contribution in [2.45, 2.75) is 49.9 Å². The number of hydrogen-bond donors (Lipinski definition) is 7. The van der Waals surface area contributed by atoms with E-state index in [1.807, 2.05) is 4.90 Å². The molecule has 0 bridgehead atoms. The molecule has 0 saturated carbocycles. The number of nitrogens with one attached hydrogen (secondary N) is 5. The molecule has 59 heavy (non-hydrogen) atoms. The number of alkyl halides is 2. The van der Waals surface area contributed by atoms with Gasteiger partial charge in [-0.05, 0) is 30.7 Å². The predicted molar refractivity (Wildman–Crippen MR) is 216 cm³/mol. The lowest BCUT2D eigenvalue weighted by Gasteiger charge is -2.35. The number of halogens is 2. The summed E-state index contributed by atoms with van der Waals surface area (Å²) < 4.78 is 33.5. The third-order valence-electron chi connectivity index (χ3n) is 9.53. The van der Waals surface area contributed by atoms with Crippen molar-refractivity contribution in [2.24, 2.45) is 0 Å². The first kappa shape index (κ1) is 46.6. The number of amides is 6. The Morgan fingerprint density at radius 2 is 1.68 bits per heavy atom. The fraction of sp³-hybridized carbons (Fsp3) is 0.541. The molecule has 4 rings (SSSR count). The highest BCUT2D eigenvalue weighted by Crippen LogP contribution is 2.31. The van der Waals surface area contributed by atoms with E-state index < -0.39 is 91.6 Å². The molecule has 5 N–H and O–H groups in total. The highest BCUT2D eigenvalue weighted by molar-refractivity contribution is 7.80. The summed E-state index contributed by atoms with van der Waals surface area (Å²) in [6, 6.07) is 4.15. The normalized spacial score (nSPS) is 18.1. The van der Waals surface area contributed by atoms with Crippen LogP contribution in [0.4, 0.5) is 8.78 Å². The van der Waals surface area contributed by atoms with Crippen LogP contribution in [0.15, 0.2) is 30.5 Å². The predicted octanol–water partition coefficient (Wildman–Crippen LogP) is -1.24. The number of likely N-dealkylation sites (tertiary alicyclic amines) is 1. The second kappa shape index (κ2) is 22.3. The van der Waals surface area contributed by atoms with E-state index in [4.69, 9.17) is 4.74 Å². The number of benzene rings is 1. The first-order valence-electron chi connectivity index (χ1n) is 18.8. The summed E-state index contributed by atoms with van der Waals surface area (Å²) in [5, 5.41) is 22.0. The van der Waals surface area contributed by atoms with Crippen LogP contribution in [0.1, 0.15) is 30.1 Å². The van der Waals surface area contributed by atoms with Crippen molar-refractivity contribution in [3.05, 3.63) is 36.0 Å². The summed E-state index contributed by atoms with van der Waals surface area (Å²) >= 11 is 8.16. The number of nitriles is 1. The molecule has 22 heteroatoms. The minimum absolute atomic E-state index is 0.0182. The first-order valence-corrected chi connectivity index (χ1v) is 20.1. The quantitative estimate of drug-likeness (QED) is 0.0471. The third kappa shape index (κ3) is 14.0. The van der Waals surface area contributed by atoms with Gasteiger partial charge in [0.05, 0.1) is 49.4 Å². The highest BCUT2D eigenvalue weighted by Gasteiger charge is 2.47. The summed E-state index contributed by atoms with van der Waals surface area (Å²) in [5.41, 5.74) is 0.714. The Labute approximate surface area is 350 Å². The van der Waals surface area contributed by atoms with Crippen molar-refractivity contribution in [1.29, 1.82) is 5.26 Å². The summed E-state index contributed by atoms with van der Waals surface area (Å²) in [7, 11) is 0. The number of fused-ring (bicyclic) bond motifs is 1. The highest BCUT2D eigenvalue weighted by atomic mass is 32.1. The van der Waals surface area contributed by atoms with E-state index in [1.54, 1.807) is 24.3 Å². The molecule has 3 heterocycles. The second-order valence-electron chi connectivity index (χ2n) is 14.0. The molecule has 0 aliphatic carbocycles. The van der Waals surface area contributed by atoms with Crippen LogP contribution in [0.5, 0.6) is 5.75 Å². The molecule has 18 nitrogen and oxygen atoms in total. The standard InChI is InChI=1S/C37H48F2N10O8S2/c1-23(51)44-30(20-58)35(55)42-16-32(52)46-31(21-59)36(56)45-24(19-50)18-48-10-8-47(9-11-48)7-2-12-57-26-3-4-29-28(13-26)27(5-6-41-29)34(54)43-17-33(53)49-22-37(38,39)14-25(49)15-40/h3-6,13,19,24-25,30-31,58-59H,2,7-12,14,16-18,20-22H2,1H3,(H,42,55)(H,43,54)(H,44,51)(H,45,56)(H,46,52)/t24?,25-,30+,31+/m0/s1. The van der Waals surface area contributed by atoms with Crippen molar-refractivity contribution in [3.8, 4) is 11.8 Å². The fourth-order valence-corrected chi connectivity index (χ4v) is 7.00. The molecule has 2 aliphatic heterocycles. The molecule has 2 aromatic rings. The van der Waals surface area contributed by atoms with E-state index in [9.17, 15) is 47.6 Å². The number of piperazine rings is 1. The van der Waals surface area contributed by atoms with Crippen molar-refractivity contribution in [1.82, 2.24) is 46.3 Å². The van der Waals surface area contributed by atoms with Crippen molar-refractivity contribution >= 4 is 77.9 Å². The number of carbonyl (C=O) groups is 7. The Balaban J connectivity index is 1.17. The fourth-order valence-electron chi connectivity index (χ4n) is 6.49. The smallest absolute Gasteiger partial charge is 0.268 e. The number of nitrogens with zero attached hydrogens (tertiary/aromatic N) is 5. The van der Waals surface area contributed by atoms with E-state index in [1.165, 1.54) is 19.2 Å². The van der Waals surface area contributed by atoms with Gasteiger partial charge in [-0.1, -0.05) is 0 Å². The lowest BCUT2D eigenvalue weighted by molar-refractivity contribution is -0.131. The Bertz CT molecular complexity index is 1900. The lowest BCUT2D eigenvalue weighted by atomic mass is 10.1. The minimum atomic E-state index is -3.17. The maximum Gasteiger partial charge on any atom is 0.268 e. The number of aromatic nitrogens is 1. The van der Waals surface area contributed by atoms with Gasteiger partial charge in [0, 0.05) is 75.7 Å². The molecule has 6 amide bonds. The van der Waals surface area contributed by atoms with Crippen LogP contribution < -0.4 is 31.3 Å². The number of hydrogen-bond acceptors (Lipinski definition) is 14. The Morgan fingerprint density at radius 1 is 0.983 bits per heavy atom. The molecule has 2 fully saturated rings. The average molecular weight is 863 g/mol. The lowest BCUT2D eigenvalue weighted by Crippen LogP contribution is -2.56. The van der Waals surface area contributed by atoms with E-state index >= 15 is 0 Å². The third-order valence-corrected chi connectivity index (χ3v) is 10.3. The monoisotopic (exact) mass is 862 g/mol. The second-order valence-corrected chi connectivity index (χ2v) is 14.7. The van der Waals surface area contributed by atoms with Gasteiger partial charge in [-0.2, -0.15) is 30.5 Å². The van der Waals surface area contributed by atoms with Gasteiger partial charge in [0.15, 0.2) is 0 Å². The number of carbonyl (C=O) groups excluding carboxylic acids is 7. The van der Waals surface area contributed by atoms with Crippen molar-refractivity contribution in [2.75, 3.05) is 77.0 Å². The van der Waals surface area contributed by atoms with E-state index in [-0.39, 0.29) is 23.6 Å². The van der Waals surface area contributed by atoms with Crippen molar-refractivity contribution in [3.63, 3.8) is 0 Å². The number of thiol groups is 2. The summed E-state index contributed by atoms with van der Waals surface area (Å²) in [4.78, 5) is 95.7. The van der Waals surface area contributed by atoms with Gasteiger partial charge >= 0.3 is 0 Å². The molecule has 320 valence electrons. The molecule has 1 aromatic heterocycles. The minimum Gasteiger partial charge on any atom is -0.494 e. The van der Waals surface area contributed by atoms with Crippen LogP contribution in [0.3, 0.4) is 0 Å². The molecule has 4 atom stereocenters. The maximum absolute atomic E-state index is 13.8. The summed E-state index contributed by atoms with van der Waals surface area (Å²) in [6.07, 6.45) is 2.00. The van der Waals surface area contributed by atoms with Gasteiger partial charge in [0.25, 0.3) is 11.8 Å². The summed E-state index contributed by atoms with van der Waals surface area (Å²) in [5.74, 6) is -6.44. The molecule has 0 radical (unpaired) electrons. The number of aldehydes is 1. The van der Waals surface area contributed by atoms with Gasteiger partial charge in [-0.3, -0.25) is 38.7 Å². The molecule has 1 aromatic carbocycles. The Morgan fingerprint density at radius 3 is 2.34 bits per heavy atom. The van der Waals surface area contributed by atoms with Gasteiger partial charge in [0.2, 0.25) is 29.5 Å². The molecule has 2 aliphatic rings. The molecular weight excluding hydrogens is 815 g/mol. The Kier molecular flexibility index (Phi) is 17.6. The van der Waals surface area contributed by atoms with Crippen LogP contribution in [-0.4, -0.2) is 169 Å². The maximum atomic E-state index is 13.8. The number of rotatable bonds is 20. The number of ether oxygens (including phenoxy) is 1. The van der Waals surface area contributed by atoms with Gasteiger partial charge in [-0.15, -0.1) is 0 Å². The molecule has 1 unspecified atom stereocenters. The van der Waals surface area contributed by atoms with Gasteiger partial charge in [0.1, 0.15) is 30.2 Å². The van der Waals surface area contributed by atoms with E-state index in [0.29, 0.717) is 62.1 Å².